The maximum Gasteiger partial charge on any atom is 0.203 e. The minimum Gasteiger partial charge on any atom is -0.377 e. The van der Waals surface area contributed by atoms with Gasteiger partial charge in [-0.1, -0.05) is 30.3 Å². The van der Waals surface area contributed by atoms with E-state index in [1.807, 2.05) is 29.8 Å². The molecule has 1 aromatic carbocycles. The monoisotopic (exact) mass is 511 g/mol. The lowest BCUT2D eigenvalue weighted by Crippen LogP contribution is -2.44. The highest BCUT2D eigenvalue weighted by Gasteiger charge is 2.25. The van der Waals surface area contributed by atoms with E-state index in [4.69, 9.17) is 19.7 Å². The van der Waals surface area contributed by atoms with Gasteiger partial charge in [0.1, 0.15) is 22.9 Å². The van der Waals surface area contributed by atoms with Crippen molar-refractivity contribution in [1.82, 2.24) is 34.1 Å². The number of ether oxygens (including phenoxy) is 1. The van der Waals surface area contributed by atoms with Crippen LogP contribution in [0.5, 0.6) is 0 Å². The van der Waals surface area contributed by atoms with E-state index in [0.717, 1.165) is 40.7 Å². The van der Waals surface area contributed by atoms with E-state index in [0.29, 0.717) is 24.7 Å². The maximum atomic E-state index is 5.67. The van der Waals surface area contributed by atoms with Gasteiger partial charge in [-0.05, 0) is 40.2 Å². The summed E-state index contributed by atoms with van der Waals surface area (Å²) in [5, 5.41) is 12.1. The number of hydrogen-bond donors (Lipinski definition) is 1. The van der Waals surface area contributed by atoms with Crippen molar-refractivity contribution in [1.29, 1.82) is 0 Å². The van der Waals surface area contributed by atoms with Crippen molar-refractivity contribution >= 4 is 28.3 Å². The summed E-state index contributed by atoms with van der Waals surface area (Å²) in [4.78, 5) is 17.2. The second-order valence-electron chi connectivity index (χ2n) is 10.3. The maximum absolute atomic E-state index is 5.67. The molecule has 1 N–H and O–H groups in total. The van der Waals surface area contributed by atoms with E-state index < -0.39 is 0 Å². The number of nitrogens with zero attached hydrogens (tertiary/aromatic N) is 8. The Kier molecular flexibility index (Phi) is 6.19. The van der Waals surface area contributed by atoms with Gasteiger partial charge in [0.25, 0.3) is 0 Å². The molecule has 0 radical (unpaired) electrons. The Morgan fingerprint density at radius 2 is 1.89 bits per heavy atom. The average Bonchev–Trinajstić information content (AvgIpc) is 3.49. The molecule has 0 unspecified atom stereocenters. The van der Waals surface area contributed by atoms with Crippen molar-refractivity contribution in [2.45, 2.75) is 52.7 Å². The van der Waals surface area contributed by atoms with Crippen LogP contribution in [0.2, 0.25) is 0 Å². The second kappa shape index (κ2) is 9.68. The molecule has 0 aliphatic carbocycles. The van der Waals surface area contributed by atoms with Gasteiger partial charge in [-0.3, -0.25) is 4.40 Å². The number of hydrogen-bond acceptors (Lipinski definition) is 8. The van der Waals surface area contributed by atoms with Crippen LogP contribution in [0.1, 0.15) is 45.1 Å². The quantitative estimate of drug-likeness (QED) is 0.356. The van der Waals surface area contributed by atoms with Gasteiger partial charge in [-0.15, -0.1) is 10.2 Å². The zero-order chi connectivity index (χ0) is 26.4. The highest BCUT2D eigenvalue weighted by atomic mass is 16.5. The Hall–Kier alpha value is -4.05. The van der Waals surface area contributed by atoms with Gasteiger partial charge in [0.15, 0.2) is 11.6 Å². The SMILES string of the molecule is Cc1nnc2c(NC(C)C)nc(-c3nc4cnc(N5CCOC[C@@H]5C)cc4n3[C@@H](C)c3ccccc3)cn12. The molecule has 1 saturated heterocycles. The molecule has 0 bridgehead atoms. The predicted molar refractivity (Wildman–Crippen MR) is 149 cm³/mol. The molecule has 0 spiro atoms. The first-order chi connectivity index (χ1) is 18.4. The van der Waals surface area contributed by atoms with Gasteiger partial charge in [-0.25, -0.2) is 15.0 Å². The highest BCUT2D eigenvalue weighted by molar-refractivity contribution is 5.83. The number of benzene rings is 1. The van der Waals surface area contributed by atoms with Crippen LogP contribution in [0.25, 0.3) is 28.2 Å². The Bertz CT molecular complexity index is 1590. The molecular weight excluding hydrogens is 478 g/mol. The molecule has 1 fully saturated rings. The third-order valence-corrected chi connectivity index (χ3v) is 7.11. The fraction of sp³-hybridized carbons (Fsp3) is 0.393. The predicted octanol–water partition coefficient (Wildman–Crippen LogP) is 4.50. The lowest BCUT2D eigenvalue weighted by atomic mass is 10.1. The summed E-state index contributed by atoms with van der Waals surface area (Å²) in [6.45, 7) is 12.7. The largest absolute Gasteiger partial charge is 0.377 e. The lowest BCUT2D eigenvalue weighted by molar-refractivity contribution is 0.0985. The molecule has 0 amide bonds. The van der Waals surface area contributed by atoms with Crippen LogP contribution in [-0.4, -0.2) is 66.0 Å². The second-order valence-corrected chi connectivity index (χ2v) is 10.3. The van der Waals surface area contributed by atoms with Crippen molar-refractivity contribution < 1.29 is 4.74 Å². The molecule has 1 aliphatic rings. The number of aryl methyl sites for hydroxylation is 1. The molecule has 1 aliphatic heterocycles. The molecule has 10 nitrogen and oxygen atoms in total. The first-order valence-corrected chi connectivity index (χ1v) is 13.2. The Labute approximate surface area is 221 Å². The smallest absolute Gasteiger partial charge is 0.203 e. The number of nitrogens with one attached hydrogen (secondary N) is 1. The van der Waals surface area contributed by atoms with Gasteiger partial charge >= 0.3 is 0 Å². The summed E-state index contributed by atoms with van der Waals surface area (Å²) >= 11 is 0. The third kappa shape index (κ3) is 4.24. The number of aromatic nitrogens is 7. The van der Waals surface area contributed by atoms with Crippen LogP contribution in [-0.2, 0) is 4.74 Å². The standard InChI is InChI=1S/C28H33N9O/c1-17(2)30-26-28-34-33-20(5)36(28)15-23(31-26)27-32-22-14-29-25(35-11-12-38-16-18(35)3)13-24(22)37(27)19(4)21-9-7-6-8-10-21/h6-10,13-15,17-19H,11-12,16H2,1-5H3,(H,30,31)/t18-,19-/m0/s1. The van der Waals surface area contributed by atoms with Crippen LogP contribution in [0.3, 0.4) is 0 Å². The first-order valence-electron chi connectivity index (χ1n) is 13.2. The van der Waals surface area contributed by atoms with E-state index >= 15 is 0 Å². The molecule has 196 valence electrons. The minimum atomic E-state index is 0.00887. The number of anilines is 2. The third-order valence-electron chi connectivity index (χ3n) is 7.11. The highest BCUT2D eigenvalue weighted by Crippen LogP contribution is 2.33. The Morgan fingerprint density at radius 1 is 1.08 bits per heavy atom. The van der Waals surface area contributed by atoms with Gasteiger partial charge in [0.05, 0.1) is 37.0 Å². The van der Waals surface area contributed by atoms with Crippen LogP contribution >= 0.6 is 0 Å². The molecule has 6 rings (SSSR count). The van der Waals surface area contributed by atoms with Crippen molar-refractivity contribution in [2.24, 2.45) is 0 Å². The van der Waals surface area contributed by atoms with Crippen LogP contribution < -0.4 is 10.2 Å². The Balaban J connectivity index is 1.58. The number of pyridine rings is 1. The molecule has 38 heavy (non-hydrogen) atoms. The van der Waals surface area contributed by atoms with Gasteiger partial charge in [0, 0.05) is 24.8 Å². The number of morpholine rings is 1. The number of imidazole rings is 1. The summed E-state index contributed by atoms with van der Waals surface area (Å²) in [6, 6.07) is 13.1. The lowest BCUT2D eigenvalue weighted by Gasteiger charge is -2.34. The summed E-state index contributed by atoms with van der Waals surface area (Å²) < 4.78 is 9.91. The molecular formula is C28H33N9O. The zero-order valence-corrected chi connectivity index (χ0v) is 22.5. The fourth-order valence-corrected chi connectivity index (χ4v) is 5.15. The Morgan fingerprint density at radius 3 is 2.66 bits per heavy atom. The molecule has 4 aromatic heterocycles. The van der Waals surface area contributed by atoms with Crippen LogP contribution in [0.4, 0.5) is 11.6 Å². The molecule has 5 aromatic rings. The molecule has 5 heterocycles. The van der Waals surface area contributed by atoms with Crippen LogP contribution in [0, 0.1) is 6.92 Å². The average molecular weight is 512 g/mol. The normalized spacial score (nSPS) is 17.0. The zero-order valence-electron chi connectivity index (χ0n) is 22.5. The summed E-state index contributed by atoms with van der Waals surface area (Å²) in [7, 11) is 0. The molecule has 10 heteroatoms. The summed E-state index contributed by atoms with van der Waals surface area (Å²) in [5.74, 6) is 3.18. The summed E-state index contributed by atoms with van der Waals surface area (Å²) in [5.41, 5.74) is 4.47. The van der Waals surface area contributed by atoms with Gasteiger partial charge < -0.3 is 19.5 Å². The van der Waals surface area contributed by atoms with E-state index in [1.165, 1.54) is 5.56 Å². The molecule has 2 atom stereocenters. The van der Waals surface area contributed by atoms with Crippen molar-refractivity contribution in [2.75, 3.05) is 30.0 Å². The van der Waals surface area contributed by atoms with Crippen molar-refractivity contribution in [3.8, 4) is 11.5 Å². The summed E-state index contributed by atoms with van der Waals surface area (Å²) in [6.07, 6.45) is 3.85. The van der Waals surface area contributed by atoms with Crippen LogP contribution in [0.15, 0.2) is 48.8 Å². The van der Waals surface area contributed by atoms with Gasteiger partial charge in [-0.2, -0.15) is 0 Å². The first kappa shape index (κ1) is 24.3. The van der Waals surface area contributed by atoms with Crippen molar-refractivity contribution in [3.05, 3.63) is 60.2 Å². The minimum absolute atomic E-state index is 0.00887. The van der Waals surface area contributed by atoms with E-state index in [2.05, 4.69) is 83.0 Å². The van der Waals surface area contributed by atoms with E-state index in [9.17, 15) is 0 Å². The molecule has 0 saturated carbocycles. The number of fused-ring (bicyclic) bond motifs is 2. The topological polar surface area (TPSA) is 98.3 Å². The van der Waals surface area contributed by atoms with Crippen molar-refractivity contribution in [3.63, 3.8) is 0 Å². The van der Waals surface area contributed by atoms with E-state index in [1.54, 1.807) is 0 Å². The van der Waals surface area contributed by atoms with Gasteiger partial charge in [0.2, 0.25) is 5.65 Å². The number of rotatable bonds is 6. The van der Waals surface area contributed by atoms with E-state index in [-0.39, 0.29) is 18.1 Å². The fourth-order valence-electron chi connectivity index (χ4n) is 5.15.